The number of aliphatic carboxylic acids is 1. The molecule has 1 rings (SSSR count). The number of rotatable bonds is 5. The van der Waals surface area contributed by atoms with E-state index in [1.54, 1.807) is 0 Å². The number of nitrogens with zero attached hydrogens (tertiary/aromatic N) is 1. The molecular weight excluding hydrogens is 226 g/mol. The summed E-state index contributed by atoms with van der Waals surface area (Å²) in [7, 11) is 0. The minimum Gasteiger partial charge on any atom is -0.481 e. The molecule has 5 N–H and O–H groups in total. The van der Waals surface area contributed by atoms with Crippen molar-refractivity contribution in [2.75, 3.05) is 13.1 Å². The molecule has 0 aromatic rings. The summed E-state index contributed by atoms with van der Waals surface area (Å²) in [6.45, 7) is 0.876. The third-order valence-electron chi connectivity index (χ3n) is 2.80. The van der Waals surface area contributed by atoms with E-state index in [1.165, 1.54) is 4.90 Å². The molecule has 2 atom stereocenters. The number of carboxylic acid groups (broad SMARTS) is 1. The highest BCUT2D eigenvalue weighted by molar-refractivity contribution is 5.87. The number of hydrogen-bond donors (Lipinski definition) is 3. The van der Waals surface area contributed by atoms with Crippen molar-refractivity contribution < 1.29 is 19.5 Å². The lowest BCUT2D eigenvalue weighted by atomic mass is 10.1. The lowest BCUT2D eigenvalue weighted by molar-refractivity contribution is -0.138. The van der Waals surface area contributed by atoms with Gasteiger partial charge in [0.2, 0.25) is 11.8 Å². The molecule has 0 aromatic heterocycles. The van der Waals surface area contributed by atoms with Crippen LogP contribution in [0.3, 0.4) is 0 Å². The second-order valence-corrected chi connectivity index (χ2v) is 4.31. The van der Waals surface area contributed by atoms with E-state index >= 15 is 0 Å². The van der Waals surface area contributed by atoms with Crippen LogP contribution in [0.2, 0.25) is 0 Å². The van der Waals surface area contributed by atoms with E-state index in [0.717, 1.165) is 0 Å². The van der Waals surface area contributed by atoms with Crippen molar-refractivity contribution in [1.29, 1.82) is 0 Å². The summed E-state index contributed by atoms with van der Waals surface area (Å²) in [5, 5.41) is 8.64. The molecule has 1 saturated heterocycles. The van der Waals surface area contributed by atoms with Crippen LogP contribution in [0, 0.1) is 5.92 Å². The molecule has 7 nitrogen and oxygen atoms in total. The van der Waals surface area contributed by atoms with Crippen molar-refractivity contribution in [2.24, 2.45) is 17.4 Å². The molecule has 96 valence electrons. The van der Waals surface area contributed by atoms with Crippen molar-refractivity contribution in [2.45, 2.75) is 25.3 Å². The Kier molecular flexibility index (Phi) is 4.45. The first kappa shape index (κ1) is 13.4. The van der Waals surface area contributed by atoms with E-state index in [1.807, 2.05) is 0 Å². The molecule has 1 fully saturated rings. The van der Waals surface area contributed by atoms with Gasteiger partial charge in [0.05, 0.1) is 12.5 Å². The molecule has 0 radical (unpaired) electrons. The first-order chi connectivity index (χ1) is 7.90. The van der Waals surface area contributed by atoms with Crippen LogP contribution < -0.4 is 11.5 Å². The van der Waals surface area contributed by atoms with Gasteiger partial charge in [-0.2, -0.15) is 0 Å². The first-order valence-electron chi connectivity index (χ1n) is 5.44. The molecule has 7 heteroatoms. The van der Waals surface area contributed by atoms with E-state index < -0.39 is 17.9 Å². The maximum Gasteiger partial charge on any atom is 0.303 e. The van der Waals surface area contributed by atoms with Gasteiger partial charge in [-0.15, -0.1) is 0 Å². The average Bonchev–Trinajstić information content (AvgIpc) is 2.62. The van der Waals surface area contributed by atoms with Crippen LogP contribution in [0.1, 0.15) is 19.3 Å². The lowest BCUT2D eigenvalue weighted by Crippen LogP contribution is -2.44. The summed E-state index contributed by atoms with van der Waals surface area (Å²) < 4.78 is 0. The highest BCUT2D eigenvalue weighted by Gasteiger charge is 2.30. The van der Waals surface area contributed by atoms with Gasteiger partial charge in [-0.25, -0.2) is 0 Å². The van der Waals surface area contributed by atoms with Gasteiger partial charge in [0.25, 0.3) is 0 Å². The third kappa shape index (κ3) is 4.03. The fourth-order valence-electron chi connectivity index (χ4n) is 1.98. The quantitative estimate of drug-likeness (QED) is 0.542. The summed E-state index contributed by atoms with van der Waals surface area (Å²) in [6.07, 6.45) is 0.523. The Morgan fingerprint density at radius 2 is 2.06 bits per heavy atom. The van der Waals surface area contributed by atoms with Gasteiger partial charge in [0.15, 0.2) is 0 Å². The molecule has 1 heterocycles. The second kappa shape index (κ2) is 5.62. The number of nitrogens with two attached hydrogens (primary N) is 2. The van der Waals surface area contributed by atoms with Gasteiger partial charge >= 0.3 is 5.97 Å². The van der Waals surface area contributed by atoms with Crippen LogP contribution in [0.4, 0.5) is 0 Å². The van der Waals surface area contributed by atoms with Crippen LogP contribution in [-0.4, -0.2) is 46.9 Å². The molecule has 0 aliphatic carbocycles. The second-order valence-electron chi connectivity index (χ2n) is 4.31. The molecule has 2 amide bonds. The smallest absolute Gasteiger partial charge is 0.303 e. The molecule has 17 heavy (non-hydrogen) atoms. The monoisotopic (exact) mass is 243 g/mol. The molecule has 0 saturated carbocycles. The standard InChI is InChI=1S/C10H17N3O4/c11-7(4-8(12)14)10(17)13-2-1-6(5-13)3-9(15)16/h6-7H,1-5,11H2,(H2,12,14)(H,15,16). The van der Waals surface area contributed by atoms with Crippen LogP contribution in [0.25, 0.3) is 0 Å². The van der Waals surface area contributed by atoms with Gasteiger partial charge < -0.3 is 21.5 Å². The SMILES string of the molecule is NC(=O)CC(N)C(=O)N1CCC(CC(=O)O)C1. The predicted molar refractivity (Wildman–Crippen MR) is 58.7 cm³/mol. The topological polar surface area (TPSA) is 127 Å². The Morgan fingerprint density at radius 1 is 1.41 bits per heavy atom. The van der Waals surface area contributed by atoms with Crippen LogP contribution in [0.5, 0.6) is 0 Å². The number of carboxylic acids is 1. The zero-order valence-corrected chi connectivity index (χ0v) is 9.46. The Morgan fingerprint density at radius 3 is 2.59 bits per heavy atom. The van der Waals surface area contributed by atoms with Gasteiger partial charge in [0.1, 0.15) is 0 Å². The lowest BCUT2D eigenvalue weighted by Gasteiger charge is -2.19. The van der Waals surface area contributed by atoms with E-state index in [0.29, 0.717) is 19.5 Å². The Labute approximate surface area is 98.7 Å². The zero-order chi connectivity index (χ0) is 13.0. The van der Waals surface area contributed by atoms with Crippen molar-refractivity contribution >= 4 is 17.8 Å². The molecule has 0 spiro atoms. The molecule has 0 bridgehead atoms. The summed E-state index contributed by atoms with van der Waals surface area (Å²) >= 11 is 0. The number of primary amides is 1. The summed E-state index contributed by atoms with van der Waals surface area (Å²) in [6, 6.07) is -0.920. The van der Waals surface area contributed by atoms with E-state index in [9.17, 15) is 14.4 Å². The molecular formula is C10H17N3O4. The van der Waals surface area contributed by atoms with Crippen LogP contribution in [0.15, 0.2) is 0 Å². The maximum absolute atomic E-state index is 11.8. The third-order valence-corrected chi connectivity index (χ3v) is 2.80. The van der Waals surface area contributed by atoms with Crippen molar-refractivity contribution in [1.82, 2.24) is 4.90 Å². The largest absolute Gasteiger partial charge is 0.481 e. The Balaban J connectivity index is 2.44. The van der Waals surface area contributed by atoms with E-state index in [4.69, 9.17) is 16.6 Å². The highest BCUT2D eigenvalue weighted by Crippen LogP contribution is 2.20. The molecule has 2 unspecified atom stereocenters. The summed E-state index contributed by atoms with van der Waals surface area (Å²) in [5.41, 5.74) is 10.5. The van der Waals surface area contributed by atoms with Gasteiger partial charge in [-0.1, -0.05) is 0 Å². The number of carbonyl (C=O) groups is 3. The molecule has 1 aliphatic heterocycles. The van der Waals surface area contributed by atoms with E-state index in [-0.39, 0.29) is 24.7 Å². The fourth-order valence-corrected chi connectivity index (χ4v) is 1.98. The van der Waals surface area contributed by atoms with Gasteiger partial charge in [0, 0.05) is 19.5 Å². The van der Waals surface area contributed by atoms with Gasteiger partial charge in [-0.3, -0.25) is 14.4 Å². The Hall–Kier alpha value is -1.63. The van der Waals surface area contributed by atoms with E-state index in [2.05, 4.69) is 0 Å². The maximum atomic E-state index is 11.8. The zero-order valence-electron chi connectivity index (χ0n) is 9.46. The number of likely N-dealkylation sites (tertiary alicyclic amines) is 1. The van der Waals surface area contributed by atoms with Crippen LogP contribution >= 0.6 is 0 Å². The molecule has 0 aromatic carbocycles. The minimum atomic E-state index is -0.920. The Bertz CT molecular complexity index is 332. The normalized spacial score (nSPS) is 21.2. The average molecular weight is 243 g/mol. The summed E-state index contributed by atoms with van der Waals surface area (Å²) in [4.78, 5) is 34.4. The summed E-state index contributed by atoms with van der Waals surface area (Å²) in [5.74, 6) is -1.85. The first-order valence-corrected chi connectivity index (χ1v) is 5.44. The number of amides is 2. The minimum absolute atomic E-state index is 0.0303. The van der Waals surface area contributed by atoms with Crippen LogP contribution in [-0.2, 0) is 14.4 Å². The molecule has 1 aliphatic rings. The van der Waals surface area contributed by atoms with Crippen molar-refractivity contribution in [3.8, 4) is 0 Å². The van der Waals surface area contributed by atoms with Crippen molar-refractivity contribution in [3.05, 3.63) is 0 Å². The fraction of sp³-hybridized carbons (Fsp3) is 0.700. The number of carbonyl (C=O) groups excluding carboxylic acids is 2. The van der Waals surface area contributed by atoms with Gasteiger partial charge in [-0.05, 0) is 12.3 Å². The number of hydrogen-bond acceptors (Lipinski definition) is 4. The van der Waals surface area contributed by atoms with Crippen molar-refractivity contribution in [3.63, 3.8) is 0 Å². The predicted octanol–water partition coefficient (Wildman–Crippen LogP) is -1.49. The highest BCUT2D eigenvalue weighted by atomic mass is 16.4.